The molecular weight excluding hydrogens is 272 g/mol. The van der Waals surface area contributed by atoms with Crippen LogP contribution in [-0.4, -0.2) is 26.1 Å². The van der Waals surface area contributed by atoms with Crippen LogP contribution in [-0.2, 0) is 0 Å². The van der Waals surface area contributed by atoms with E-state index in [2.05, 4.69) is 5.27 Å². The average molecular weight is 286 g/mol. The van der Waals surface area contributed by atoms with Crippen molar-refractivity contribution in [2.75, 3.05) is 20.8 Å². The van der Waals surface area contributed by atoms with E-state index in [1.54, 1.807) is 25.4 Å². The van der Waals surface area contributed by atoms with Crippen molar-refractivity contribution in [1.82, 2.24) is 5.27 Å². The van der Waals surface area contributed by atoms with Crippen molar-refractivity contribution in [2.24, 2.45) is 0 Å². The SMILES string of the molecule is CCOc1c[n+](-c2cc(Cl)c(OC)cc2OC)no1. The van der Waals surface area contributed by atoms with Crippen molar-refractivity contribution in [3.05, 3.63) is 23.4 Å². The van der Waals surface area contributed by atoms with Gasteiger partial charge in [0.1, 0.15) is 5.75 Å². The first-order valence-corrected chi connectivity index (χ1v) is 6.00. The lowest BCUT2D eigenvalue weighted by Crippen LogP contribution is -2.32. The first-order chi connectivity index (χ1) is 9.19. The van der Waals surface area contributed by atoms with E-state index in [0.29, 0.717) is 34.8 Å². The highest BCUT2D eigenvalue weighted by atomic mass is 35.5. The number of hydrogen-bond donors (Lipinski definition) is 0. The molecule has 2 aromatic rings. The standard InChI is InChI=1S/C12H14ClN2O4/c1-4-18-12-7-15(14-19-12)9-5-8(13)10(16-2)6-11(9)17-3/h5-7H,4H2,1-3H3/q+1. The number of ether oxygens (including phenoxy) is 3. The minimum absolute atomic E-state index is 0.316. The van der Waals surface area contributed by atoms with Gasteiger partial charge < -0.3 is 14.2 Å². The summed E-state index contributed by atoms with van der Waals surface area (Å²) < 4.78 is 22.1. The largest absolute Gasteiger partial charge is 0.495 e. The predicted molar refractivity (Wildman–Crippen MR) is 67.3 cm³/mol. The zero-order chi connectivity index (χ0) is 13.8. The summed E-state index contributed by atoms with van der Waals surface area (Å²) >= 11 is 6.09. The fraction of sp³-hybridized carbons (Fsp3) is 0.333. The van der Waals surface area contributed by atoms with Gasteiger partial charge >= 0.3 is 5.95 Å². The van der Waals surface area contributed by atoms with Crippen LogP contribution in [0.1, 0.15) is 6.92 Å². The molecule has 1 aromatic heterocycles. The Morgan fingerprint density at radius 3 is 2.63 bits per heavy atom. The molecule has 0 aliphatic carbocycles. The number of nitrogens with zero attached hydrogens (tertiary/aromatic N) is 2. The molecule has 6 nitrogen and oxygen atoms in total. The van der Waals surface area contributed by atoms with E-state index in [0.717, 1.165) is 0 Å². The Morgan fingerprint density at radius 1 is 1.26 bits per heavy atom. The molecule has 0 bridgehead atoms. The van der Waals surface area contributed by atoms with Crippen LogP contribution in [0.25, 0.3) is 5.69 Å². The van der Waals surface area contributed by atoms with Crippen LogP contribution in [0.2, 0.25) is 5.02 Å². The quantitative estimate of drug-likeness (QED) is 0.787. The Morgan fingerprint density at radius 2 is 2.00 bits per heavy atom. The zero-order valence-electron chi connectivity index (χ0n) is 10.8. The third-order valence-electron chi connectivity index (χ3n) is 2.43. The topological polar surface area (TPSA) is 57.6 Å². The number of rotatable bonds is 5. The Kier molecular flexibility index (Phi) is 4.11. The van der Waals surface area contributed by atoms with Crippen LogP contribution in [0.4, 0.5) is 0 Å². The predicted octanol–water partition coefficient (Wildman–Crippen LogP) is 2.02. The zero-order valence-corrected chi connectivity index (χ0v) is 11.6. The maximum absolute atomic E-state index is 6.09. The third-order valence-corrected chi connectivity index (χ3v) is 2.73. The molecule has 1 heterocycles. The molecule has 0 radical (unpaired) electrons. The highest BCUT2D eigenvalue weighted by Crippen LogP contribution is 2.32. The van der Waals surface area contributed by atoms with E-state index in [9.17, 15) is 0 Å². The molecule has 19 heavy (non-hydrogen) atoms. The van der Waals surface area contributed by atoms with Crippen LogP contribution in [0.15, 0.2) is 22.9 Å². The van der Waals surface area contributed by atoms with Crippen molar-refractivity contribution in [3.8, 4) is 23.1 Å². The Labute approximate surface area is 115 Å². The fourth-order valence-electron chi connectivity index (χ4n) is 1.57. The number of halogens is 1. The normalized spacial score (nSPS) is 10.3. The lowest BCUT2D eigenvalue weighted by Gasteiger charge is -2.05. The van der Waals surface area contributed by atoms with Crippen LogP contribution < -0.4 is 18.9 Å². The van der Waals surface area contributed by atoms with E-state index in [4.69, 9.17) is 30.3 Å². The highest BCUT2D eigenvalue weighted by molar-refractivity contribution is 6.32. The number of benzene rings is 1. The molecule has 0 fully saturated rings. The van der Waals surface area contributed by atoms with Gasteiger partial charge in [-0.05, 0) is 11.6 Å². The van der Waals surface area contributed by atoms with Gasteiger partial charge in [-0.1, -0.05) is 11.6 Å². The van der Waals surface area contributed by atoms with Crippen molar-refractivity contribution < 1.29 is 23.4 Å². The average Bonchev–Trinajstić information content (AvgIpc) is 2.87. The Hall–Kier alpha value is -1.95. The molecule has 0 unspecified atom stereocenters. The summed E-state index contributed by atoms with van der Waals surface area (Å²) in [6, 6.07) is 3.36. The first-order valence-electron chi connectivity index (χ1n) is 5.63. The summed E-state index contributed by atoms with van der Waals surface area (Å²) in [5.41, 5.74) is 0.628. The Balaban J connectivity index is 2.44. The Bertz CT molecular complexity index is 571. The molecule has 0 N–H and O–H groups in total. The van der Waals surface area contributed by atoms with E-state index >= 15 is 0 Å². The molecule has 0 atom stereocenters. The molecular formula is C12H14ClN2O4+. The smallest absolute Gasteiger partial charge is 0.383 e. The van der Waals surface area contributed by atoms with E-state index < -0.39 is 0 Å². The summed E-state index contributed by atoms with van der Waals surface area (Å²) in [6.45, 7) is 2.35. The van der Waals surface area contributed by atoms with Gasteiger partial charge in [-0.2, -0.15) is 0 Å². The molecule has 2 rings (SSSR count). The van der Waals surface area contributed by atoms with Gasteiger partial charge in [-0.3, -0.25) is 4.52 Å². The molecule has 0 saturated heterocycles. The maximum Gasteiger partial charge on any atom is 0.383 e. The molecule has 0 spiro atoms. The van der Waals surface area contributed by atoms with Gasteiger partial charge in [0.15, 0.2) is 5.75 Å². The lowest BCUT2D eigenvalue weighted by atomic mass is 10.2. The van der Waals surface area contributed by atoms with Gasteiger partial charge in [-0.15, -0.1) is 0 Å². The van der Waals surface area contributed by atoms with Crippen molar-refractivity contribution in [3.63, 3.8) is 0 Å². The maximum atomic E-state index is 6.09. The minimum Gasteiger partial charge on any atom is -0.495 e. The van der Waals surface area contributed by atoms with Crippen LogP contribution in [0.3, 0.4) is 0 Å². The van der Waals surface area contributed by atoms with Gasteiger partial charge in [-0.25, -0.2) is 0 Å². The minimum atomic E-state index is 0.316. The summed E-state index contributed by atoms with van der Waals surface area (Å²) in [6.07, 6.45) is 1.60. The number of methoxy groups -OCH3 is 2. The summed E-state index contributed by atoms with van der Waals surface area (Å²) in [4.78, 5) is 0. The third kappa shape index (κ3) is 2.73. The van der Waals surface area contributed by atoms with Gasteiger partial charge in [0.2, 0.25) is 5.27 Å². The molecule has 102 valence electrons. The van der Waals surface area contributed by atoms with Crippen molar-refractivity contribution in [2.45, 2.75) is 6.92 Å². The second-order valence-electron chi connectivity index (χ2n) is 3.56. The van der Waals surface area contributed by atoms with E-state index in [1.807, 2.05) is 6.92 Å². The molecule has 0 aliphatic rings. The molecule has 0 amide bonds. The van der Waals surface area contributed by atoms with Crippen LogP contribution >= 0.6 is 11.6 Å². The van der Waals surface area contributed by atoms with Crippen molar-refractivity contribution in [1.29, 1.82) is 0 Å². The lowest BCUT2D eigenvalue weighted by molar-refractivity contribution is -0.670. The molecule has 1 aromatic carbocycles. The van der Waals surface area contributed by atoms with Crippen LogP contribution in [0.5, 0.6) is 17.4 Å². The van der Waals surface area contributed by atoms with Gasteiger partial charge in [0, 0.05) is 12.1 Å². The summed E-state index contributed by atoms with van der Waals surface area (Å²) in [5.74, 6) is 1.40. The van der Waals surface area contributed by atoms with E-state index in [-0.39, 0.29) is 0 Å². The fourth-order valence-corrected chi connectivity index (χ4v) is 1.81. The monoisotopic (exact) mass is 285 g/mol. The highest BCUT2D eigenvalue weighted by Gasteiger charge is 2.23. The first kappa shape index (κ1) is 13.5. The molecule has 0 aliphatic heterocycles. The number of aromatic nitrogens is 2. The molecule has 7 heteroatoms. The summed E-state index contributed by atoms with van der Waals surface area (Å²) in [7, 11) is 3.09. The second-order valence-corrected chi connectivity index (χ2v) is 3.96. The summed E-state index contributed by atoms with van der Waals surface area (Å²) in [5, 5.41) is 4.30. The van der Waals surface area contributed by atoms with Gasteiger partial charge in [0.05, 0.1) is 25.8 Å². The number of hydrogen-bond acceptors (Lipinski definition) is 5. The van der Waals surface area contributed by atoms with E-state index in [1.165, 1.54) is 11.8 Å². The van der Waals surface area contributed by atoms with Crippen molar-refractivity contribution >= 4 is 11.6 Å². The second kappa shape index (κ2) is 5.79. The van der Waals surface area contributed by atoms with Crippen LogP contribution in [0, 0.1) is 0 Å². The van der Waals surface area contributed by atoms with Gasteiger partial charge in [0.25, 0.3) is 11.9 Å². The molecule has 0 saturated carbocycles.